The van der Waals surface area contributed by atoms with E-state index in [2.05, 4.69) is 38.1 Å². The zero-order valence-electron chi connectivity index (χ0n) is 22.9. The number of hydrogen-bond acceptors (Lipinski definition) is 5. The van der Waals surface area contributed by atoms with Crippen LogP contribution in [0.1, 0.15) is 66.8 Å². The molecule has 38 heavy (non-hydrogen) atoms. The van der Waals surface area contributed by atoms with E-state index in [-0.39, 0.29) is 29.3 Å². The highest BCUT2D eigenvalue weighted by atomic mass is 19.1. The summed E-state index contributed by atoms with van der Waals surface area (Å²) in [4.78, 5) is 24.7. The largest absolute Gasteiger partial charge is 0.462 e. The third kappa shape index (κ3) is 7.75. The molecule has 3 aromatic rings. The van der Waals surface area contributed by atoms with Gasteiger partial charge in [0.1, 0.15) is 11.6 Å². The number of carbonyl (C=O) groups is 2. The van der Waals surface area contributed by atoms with Gasteiger partial charge in [-0.2, -0.15) is 0 Å². The molecular weight excluding hydrogens is 483 g/mol. The first kappa shape index (κ1) is 29.1. The molecule has 0 spiro atoms. The van der Waals surface area contributed by atoms with Gasteiger partial charge in [-0.15, -0.1) is 0 Å². The first-order valence-corrected chi connectivity index (χ1v) is 13.0. The molecule has 0 saturated carbocycles. The van der Waals surface area contributed by atoms with Crippen LogP contribution in [-0.2, 0) is 15.9 Å². The molecule has 3 rings (SSSR count). The molecule has 0 radical (unpaired) electrons. The molecule has 0 aliphatic rings. The van der Waals surface area contributed by atoms with Crippen molar-refractivity contribution in [2.45, 2.75) is 47.0 Å². The highest BCUT2D eigenvalue weighted by molar-refractivity contribution is 5.92. The predicted molar refractivity (Wildman–Crippen MR) is 147 cm³/mol. The molecule has 0 amide bonds. The lowest BCUT2D eigenvalue weighted by Gasteiger charge is -2.27. The molecule has 202 valence electrons. The zero-order valence-corrected chi connectivity index (χ0v) is 22.9. The lowest BCUT2D eigenvalue weighted by atomic mass is 9.82. The van der Waals surface area contributed by atoms with Gasteiger partial charge in [-0.1, -0.05) is 70.5 Å². The summed E-state index contributed by atoms with van der Waals surface area (Å²) in [6, 6.07) is 19.1. The van der Waals surface area contributed by atoms with Gasteiger partial charge in [0, 0.05) is 13.2 Å². The molecule has 0 heterocycles. The Kier molecular flexibility index (Phi) is 10.2. The van der Waals surface area contributed by atoms with Crippen molar-refractivity contribution in [3.63, 3.8) is 0 Å². The number of ether oxygens (including phenoxy) is 3. The second-order valence-electron chi connectivity index (χ2n) is 10.2. The van der Waals surface area contributed by atoms with Crippen molar-refractivity contribution in [2.24, 2.45) is 11.3 Å². The molecule has 3 aromatic carbocycles. The topological polar surface area (TPSA) is 61.8 Å². The van der Waals surface area contributed by atoms with Gasteiger partial charge in [0.15, 0.2) is 0 Å². The number of esters is 2. The lowest BCUT2D eigenvalue weighted by Crippen LogP contribution is -2.24. The Balaban J connectivity index is 1.62. The van der Waals surface area contributed by atoms with E-state index in [1.54, 1.807) is 19.2 Å². The molecule has 0 saturated heterocycles. The predicted octanol–water partition coefficient (Wildman–Crippen LogP) is 7.52. The number of benzene rings is 3. The maximum absolute atomic E-state index is 14.5. The van der Waals surface area contributed by atoms with Gasteiger partial charge in [-0.3, -0.25) is 0 Å². The van der Waals surface area contributed by atoms with E-state index in [1.807, 2.05) is 26.0 Å². The molecule has 2 unspecified atom stereocenters. The standard InChI is InChI=1S/C32H37FO5/c1-6-22(3)20-37-31(35)28-17-16-27(18-29(28)33)38-30(34)26-14-12-25(13-15-26)24-10-8-23(9-11-24)19-32(4,7-2)21-36-5/h8-18,22H,6-7,19-21H2,1-5H3. The van der Waals surface area contributed by atoms with E-state index in [0.717, 1.165) is 36.5 Å². The number of halogens is 1. The molecule has 5 nitrogen and oxygen atoms in total. The van der Waals surface area contributed by atoms with Crippen LogP contribution < -0.4 is 4.74 Å². The number of methoxy groups -OCH3 is 1. The minimum Gasteiger partial charge on any atom is -0.462 e. The van der Waals surface area contributed by atoms with Crippen LogP contribution in [0.25, 0.3) is 11.1 Å². The van der Waals surface area contributed by atoms with Gasteiger partial charge in [0.05, 0.1) is 24.3 Å². The van der Waals surface area contributed by atoms with Crippen LogP contribution in [-0.4, -0.2) is 32.3 Å². The van der Waals surface area contributed by atoms with Gasteiger partial charge in [0.25, 0.3) is 0 Å². The van der Waals surface area contributed by atoms with Crippen molar-refractivity contribution in [1.29, 1.82) is 0 Å². The Morgan fingerprint density at radius 1 is 0.921 bits per heavy atom. The SMILES string of the molecule is CCC(C)COC(=O)c1ccc(OC(=O)c2ccc(-c3ccc(CC(C)(CC)COC)cc3)cc2)cc1F. The summed E-state index contributed by atoms with van der Waals surface area (Å²) in [7, 11) is 1.73. The molecule has 0 aliphatic carbocycles. The van der Waals surface area contributed by atoms with Gasteiger partial charge in [-0.25, -0.2) is 14.0 Å². The molecule has 6 heteroatoms. The fourth-order valence-corrected chi connectivity index (χ4v) is 4.04. The third-order valence-corrected chi connectivity index (χ3v) is 6.95. The quantitative estimate of drug-likeness (QED) is 0.183. The lowest BCUT2D eigenvalue weighted by molar-refractivity contribution is 0.0441. The van der Waals surface area contributed by atoms with Gasteiger partial charge in [-0.05, 0) is 65.1 Å². The van der Waals surface area contributed by atoms with Crippen molar-refractivity contribution in [3.05, 3.63) is 89.2 Å². The van der Waals surface area contributed by atoms with E-state index in [4.69, 9.17) is 14.2 Å². The fraction of sp³-hybridized carbons (Fsp3) is 0.375. The van der Waals surface area contributed by atoms with E-state index in [9.17, 15) is 14.0 Å². The maximum atomic E-state index is 14.5. The van der Waals surface area contributed by atoms with Crippen LogP contribution in [0.2, 0.25) is 0 Å². The summed E-state index contributed by atoms with van der Waals surface area (Å²) in [6.45, 7) is 9.27. The average Bonchev–Trinajstić information content (AvgIpc) is 2.92. The second kappa shape index (κ2) is 13.3. The summed E-state index contributed by atoms with van der Waals surface area (Å²) in [5.41, 5.74) is 3.49. The molecule has 0 N–H and O–H groups in total. The van der Waals surface area contributed by atoms with Crippen LogP contribution in [0.4, 0.5) is 4.39 Å². The monoisotopic (exact) mass is 520 g/mol. The fourth-order valence-electron chi connectivity index (χ4n) is 4.04. The Morgan fingerprint density at radius 2 is 1.55 bits per heavy atom. The first-order valence-electron chi connectivity index (χ1n) is 13.0. The van der Waals surface area contributed by atoms with Crippen molar-refractivity contribution < 1.29 is 28.2 Å². The number of hydrogen-bond donors (Lipinski definition) is 0. The zero-order chi connectivity index (χ0) is 27.7. The Bertz CT molecular complexity index is 1220. The van der Waals surface area contributed by atoms with Crippen LogP contribution in [0.3, 0.4) is 0 Å². The minimum absolute atomic E-state index is 0.0122. The molecule has 2 atom stereocenters. The summed E-state index contributed by atoms with van der Waals surface area (Å²) < 4.78 is 30.4. The molecule has 0 bridgehead atoms. The first-order chi connectivity index (χ1) is 18.2. The van der Waals surface area contributed by atoms with Crippen LogP contribution >= 0.6 is 0 Å². The number of carbonyl (C=O) groups excluding carboxylic acids is 2. The average molecular weight is 521 g/mol. The van der Waals surface area contributed by atoms with Crippen molar-refractivity contribution >= 4 is 11.9 Å². The highest BCUT2D eigenvalue weighted by Crippen LogP contribution is 2.28. The van der Waals surface area contributed by atoms with E-state index < -0.39 is 17.8 Å². The normalized spacial score (nSPS) is 13.4. The van der Waals surface area contributed by atoms with Crippen molar-refractivity contribution in [2.75, 3.05) is 20.3 Å². The second-order valence-corrected chi connectivity index (χ2v) is 10.2. The van der Waals surface area contributed by atoms with Crippen LogP contribution in [0.5, 0.6) is 5.75 Å². The van der Waals surface area contributed by atoms with Crippen LogP contribution in [0.15, 0.2) is 66.7 Å². The minimum atomic E-state index is -0.801. The van der Waals surface area contributed by atoms with E-state index in [0.29, 0.717) is 12.2 Å². The van der Waals surface area contributed by atoms with E-state index in [1.165, 1.54) is 17.7 Å². The van der Waals surface area contributed by atoms with Gasteiger partial charge in [0.2, 0.25) is 0 Å². The molecule has 0 fully saturated rings. The Morgan fingerprint density at radius 3 is 2.11 bits per heavy atom. The maximum Gasteiger partial charge on any atom is 0.343 e. The van der Waals surface area contributed by atoms with Crippen molar-refractivity contribution in [3.8, 4) is 16.9 Å². The highest BCUT2D eigenvalue weighted by Gasteiger charge is 2.22. The summed E-state index contributed by atoms with van der Waals surface area (Å²) in [5.74, 6) is -1.95. The van der Waals surface area contributed by atoms with Gasteiger partial charge >= 0.3 is 11.9 Å². The smallest absolute Gasteiger partial charge is 0.343 e. The van der Waals surface area contributed by atoms with Crippen LogP contribution in [0, 0.1) is 17.2 Å². The number of rotatable bonds is 12. The van der Waals surface area contributed by atoms with E-state index >= 15 is 0 Å². The molecule has 0 aliphatic heterocycles. The summed E-state index contributed by atoms with van der Waals surface area (Å²) in [6.07, 6.45) is 2.82. The van der Waals surface area contributed by atoms with Crippen molar-refractivity contribution in [1.82, 2.24) is 0 Å². The molecule has 0 aromatic heterocycles. The molecular formula is C32H37FO5. The Hall–Kier alpha value is -3.51. The Labute approximate surface area is 224 Å². The summed E-state index contributed by atoms with van der Waals surface area (Å²) >= 11 is 0. The summed E-state index contributed by atoms with van der Waals surface area (Å²) in [5, 5.41) is 0. The van der Waals surface area contributed by atoms with Gasteiger partial charge < -0.3 is 14.2 Å². The third-order valence-electron chi connectivity index (χ3n) is 6.95.